The molecule has 7 nitrogen and oxygen atoms in total. The van der Waals surface area contributed by atoms with Crippen molar-refractivity contribution in [3.05, 3.63) is 90.1 Å². The summed E-state index contributed by atoms with van der Waals surface area (Å²) in [5.74, 6) is -1.15. The van der Waals surface area contributed by atoms with Crippen LogP contribution in [0, 0.1) is 0 Å². The molecule has 0 radical (unpaired) electrons. The van der Waals surface area contributed by atoms with Gasteiger partial charge in [-0.05, 0) is 43.3 Å². The second-order valence-electron chi connectivity index (χ2n) is 6.83. The third-order valence-corrected chi connectivity index (χ3v) is 6.60. The molecule has 162 valence electrons. The third-order valence-electron chi connectivity index (χ3n) is 4.74. The van der Waals surface area contributed by atoms with Crippen molar-refractivity contribution in [3.8, 4) is 5.75 Å². The molecule has 0 aliphatic carbocycles. The fourth-order valence-electron chi connectivity index (χ4n) is 3.30. The van der Waals surface area contributed by atoms with E-state index in [2.05, 4.69) is 4.98 Å². The highest BCUT2D eigenvalue weighted by Gasteiger charge is 2.30. The van der Waals surface area contributed by atoms with Crippen molar-refractivity contribution in [2.24, 2.45) is 0 Å². The Hall–Kier alpha value is -3.91. The summed E-state index contributed by atoms with van der Waals surface area (Å²) < 4.78 is 37.2. The van der Waals surface area contributed by atoms with Crippen molar-refractivity contribution in [2.45, 2.75) is 16.7 Å². The predicted molar refractivity (Wildman–Crippen MR) is 118 cm³/mol. The molecular formula is C24H19NO6S. The first-order valence-corrected chi connectivity index (χ1v) is 11.3. The van der Waals surface area contributed by atoms with E-state index in [1.807, 2.05) is 0 Å². The number of rotatable bonds is 6. The molecule has 4 aromatic rings. The standard InChI is InChI=1S/C24H19NO6S/c1-2-30-24(27)21-22(32(28,29)18-11-7-4-8-12-18)19-14-13-17(15-20(19)25-21)31-23(26)16-9-5-3-6-10-16/h3-15,25H,2H2,1H3. The van der Waals surface area contributed by atoms with E-state index in [4.69, 9.17) is 9.47 Å². The van der Waals surface area contributed by atoms with E-state index in [9.17, 15) is 18.0 Å². The predicted octanol–water partition coefficient (Wildman–Crippen LogP) is 4.40. The number of aromatic amines is 1. The van der Waals surface area contributed by atoms with Gasteiger partial charge in [0.1, 0.15) is 16.3 Å². The van der Waals surface area contributed by atoms with Gasteiger partial charge in [0, 0.05) is 11.5 Å². The Kier molecular flexibility index (Phi) is 5.79. The van der Waals surface area contributed by atoms with Crippen LogP contribution in [0.5, 0.6) is 5.75 Å². The number of aromatic nitrogens is 1. The fraction of sp³-hybridized carbons (Fsp3) is 0.0833. The fourth-order valence-corrected chi connectivity index (χ4v) is 4.92. The average molecular weight is 449 g/mol. The van der Waals surface area contributed by atoms with Gasteiger partial charge in [0.05, 0.1) is 22.6 Å². The van der Waals surface area contributed by atoms with Crippen LogP contribution in [0.1, 0.15) is 27.8 Å². The van der Waals surface area contributed by atoms with E-state index in [0.29, 0.717) is 11.1 Å². The quantitative estimate of drug-likeness (QED) is 0.346. The molecular weight excluding hydrogens is 430 g/mol. The molecule has 1 aromatic heterocycles. The zero-order valence-electron chi connectivity index (χ0n) is 17.1. The lowest BCUT2D eigenvalue weighted by Gasteiger charge is -2.07. The minimum Gasteiger partial charge on any atom is -0.461 e. The summed E-state index contributed by atoms with van der Waals surface area (Å²) in [6.45, 7) is 1.71. The smallest absolute Gasteiger partial charge is 0.356 e. The second kappa shape index (κ2) is 8.68. The number of carbonyl (C=O) groups excluding carboxylic acids is 2. The van der Waals surface area contributed by atoms with Gasteiger partial charge in [-0.25, -0.2) is 18.0 Å². The van der Waals surface area contributed by atoms with E-state index in [1.165, 1.54) is 30.3 Å². The molecule has 0 saturated heterocycles. The Labute approximate surface area is 184 Å². The summed E-state index contributed by atoms with van der Waals surface area (Å²) in [7, 11) is -4.03. The van der Waals surface area contributed by atoms with E-state index < -0.39 is 21.8 Å². The maximum atomic E-state index is 13.4. The van der Waals surface area contributed by atoms with Gasteiger partial charge in [-0.15, -0.1) is 0 Å². The Morgan fingerprint density at radius 3 is 2.19 bits per heavy atom. The van der Waals surface area contributed by atoms with Crippen LogP contribution in [0.15, 0.2) is 88.7 Å². The molecule has 8 heteroatoms. The first-order chi connectivity index (χ1) is 15.4. The molecule has 0 bridgehead atoms. The topological polar surface area (TPSA) is 103 Å². The molecule has 0 amide bonds. The minimum absolute atomic E-state index is 0.0473. The normalized spacial score (nSPS) is 11.3. The van der Waals surface area contributed by atoms with Gasteiger partial charge < -0.3 is 14.5 Å². The molecule has 0 saturated carbocycles. The van der Waals surface area contributed by atoms with Gasteiger partial charge in [0.15, 0.2) is 0 Å². The van der Waals surface area contributed by atoms with Crippen LogP contribution in [0.4, 0.5) is 0 Å². The monoisotopic (exact) mass is 449 g/mol. The molecule has 0 atom stereocenters. The Balaban J connectivity index is 1.81. The van der Waals surface area contributed by atoms with E-state index in [-0.39, 0.29) is 33.2 Å². The molecule has 1 heterocycles. The Bertz CT molecular complexity index is 1390. The van der Waals surface area contributed by atoms with Crippen LogP contribution < -0.4 is 4.74 Å². The van der Waals surface area contributed by atoms with Crippen LogP contribution in [-0.2, 0) is 14.6 Å². The first kappa shape index (κ1) is 21.3. The summed E-state index contributed by atoms with van der Waals surface area (Å²) in [5.41, 5.74) is 0.511. The number of hydrogen-bond donors (Lipinski definition) is 1. The maximum absolute atomic E-state index is 13.4. The van der Waals surface area contributed by atoms with Crippen molar-refractivity contribution in [3.63, 3.8) is 0 Å². The minimum atomic E-state index is -4.03. The van der Waals surface area contributed by atoms with Crippen LogP contribution >= 0.6 is 0 Å². The molecule has 1 N–H and O–H groups in total. The van der Waals surface area contributed by atoms with Gasteiger partial charge in [-0.3, -0.25) is 0 Å². The van der Waals surface area contributed by atoms with Crippen molar-refractivity contribution < 1.29 is 27.5 Å². The Morgan fingerprint density at radius 1 is 0.875 bits per heavy atom. The number of hydrogen-bond acceptors (Lipinski definition) is 6. The number of fused-ring (bicyclic) bond motifs is 1. The van der Waals surface area contributed by atoms with Crippen LogP contribution in [0.3, 0.4) is 0 Å². The van der Waals surface area contributed by atoms with Crippen molar-refractivity contribution in [1.82, 2.24) is 4.98 Å². The summed E-state index contributed by atoms with van der Waals surface area (Å²) in [6, 6.07) is 20.8. The summed E-state index contributed by atoms with van der Waals surface area (Å²) >= 11 is 0. The number of esters is 2. The highest BCUT2D eigenvalue weighted by molar-refractivity contribution is 7.91. The summed E-state index contributed by atoms with van der Waals surface area (Å²) in [4.78, 5) is 27.6. The van der Waals surface area contributed by atoms with Gasteiger partial charge in [0.25, 0.3) is 0 Å². The van der Waals surface area contributed by atoms with E-state index in [0.717, 1.165) is 0 Å². The largest absolute Gasteiger partial charge is 0.461 e. The van der Waals surface area contributed by atoms with Gasteiger partial charge in [-0.1, -0.05) is 36.4 Å². The van der Waals surface area contributed by atoms with Crippen molar-refractivity contribution in [1.29, 1.82) is 0 Å². The Morgan fingerprint density at radius 2 is 1.53 bits per heavy atom. The van der Waals surface area contributed by atoms with Crippen molar-refractivity contribution in [2.75, 3.05) is 6.61 Å². The number of nitrogens with one attached hydrogen (secondary N) is 1. The molecule has 4 rings (SSSR count). The zero-order valence-corrected chi connectivity index (χ0v) is 17.9. The molecule has 0 unspecified atom stereocenters. The zero-order chi connectivity index (χ0) is 22.7. The van der Waals surface area contributed by atoms with E-state index >= 15 is 0 Å². The molecule has 32 heavy (non-hydrogen) atoms. The lowest BCUT2D eigenvalue weighted by molar-refractivity contribution is 0.0515. The lowest BCUT2D eigenvalue weighted by atomic mass is 10.2. The highest BCUT2D eigenvalue weighted by Crippen LogP contribution is 2.34. The maximum Gasteiger partial charge on any atom is 0.356 e. The highest BCUT2D eigenvalue weighted by atomic mass is 32.2. The third kappa shape index (κ3) is 4.00. The number of carbonyl (C=O) groups is 2. The number of H-pyrrole nitrogens is 1. The number of ether oxygens (including phenoxy) is 2. The molecule has 0 aliphatic rings. The van der Waals surface area contributed by atoms with Crippen LogP contribution in [0.25, 0.3) is 10.9 Å². The van der Waals surface area contributed by atoms with E-state index in [1.54, 1.807) is 55.5 Å². The first-order valence-electron chi connectivity index (χ1n) is 9.82. The molecule has 0 spiro atoms. The summed E-state index contributed by atoms with van der Waals surface area (Å²) in [6.07, 6.45) is 0. The van der Waals surface area contributed by atoms with Gasteiger partial charge >= 0.3 is 11.9 Å². The van der Waals surface area contributed by atoms with Gasteiger partial charge in [0.2, 0.25) is 9.84 Å². The van der Waals surface area contributed by atoms with Crippen molar-refractivity contribution >= 4 is 32.7 Å². The SMILES string of the molecule is CCOC(=O)c1[nH]c2cc(OC(=O)c3ccccc3)ccc2c1S(=O)(=O)c1ccccc1. The molecule has 0 fully saturated rings. The molecule has 0 aliphatic heterocycles. The molecule has 3 aromatic carbocycles. The van der Waals surface area contributed by atoms with Gasteiger partial charge in [-0.2, -0.15) is 0 Å². The summed E-state index contributed by atoms with van der Waals surface area (Å²) in [5, 5.41) is 0.288. The average Bonchev–Trinajstić information content (AvgIpc) is 3.20. The number of benzene rings is 3. The van der Waals surface area contributed by atoms with Crippen LogP contribution in [0.2, 0.25) is 0 Å². The lowest BCUT2D eigenvalue weighted by Crippen LogP contribution is -2.11. The van der Waals surface area contributed by atoms with Crippen LogP contribution in [-0.4, -0.2) is 31.9 Å². The second-order valence-corrected chi connectivity index (χ2v) is 8.72. The number of sulfone groups is 1.